The Morgan fingerprint density at radius 1 is 0.979 bits per heavy atom. The summed E-state index contributed by atoms with van der Waals surface area (Å²) in [5, 5.41) is 14.9. The molecule has 3 heterocycles. The van der Waals surface area contributed by atoms with E-state index in [1.54, 1.807) is 6.07 Å². The van der Waals surface area contributed by atoms with Gasteiger partial charge < -0.3 is 25.2 Å². The molecule has 0 saturated heterocycles. The summed E-state index contributed by atoms with van der Waals surface area (Å²) in [6.45, 7) is 15.9. The first-order valence-electron chi connectivity index (χ1n) is 17.2. The van der Waals surface area contributed by atoms with Gasteiger partial charge in [0.15, 0.2) is 11.4 Å². The molecule has 11 nitrogen and oxygen atoms in total. The number of amides is 2. The number of fused-ring (bicyclic) bond motifs is 2. The topological polar surface area (TPSA) is 117 Å². The second kappa shape index (κ2) is 15.1. The van der Waals surface area contributed by atoms with Crippen LogP contribution in [0.3, 0.4) is 0 Å². The standard InChI is InChI=1S/C37H50N8O3/c1-8-43(7)21-13-16-31(46)30-22-25(23-33(39-30)37(4,5)6)38-35(47)40-29-18-19-32(28-15-12-11-14-27(28)29)48-26-17-20-34-41-42-36(45(34)24-26)44(9-2)10-3/h11-12,14-15,17,20,22-24,29,32H,8-10,13,16,18-19,21H2,1-7H3,(H2,38,39,40,47)/t29-,32+/m0/s1. The predicted molar refractivity (Wildman–Crippen MR) is 190 cm³/mol. The highest BCUT2D eigenvalue weighted by molar-refractivity contribution is 5.97. The van der Waals surface area contributed by atoms with Crippen LogP contribution in [-0.4, -0.2) is 69.5 Å². The van der Waals surface area contributed by atoms with E-state index in [-0.39, 0.29) is 29.4 Å². The van der Waals surface area contributed by atoms with Gasteiger partial charge in [0.1, 0.15) is 17.5 Å². The lowest BCUT2D eigenvalue weighted by atomic mass is 9.85. The normalized spacial score (nSPS) is 16.1. The number of carbonyl (C=O) groups is 2. The lowest BCUT2D eigenvalue weighted by Gasteiger charge is -2.32. The van der Waals surface area contributed by atoms with Gasteiger partial charge in [0.05, 0.1) is 12.2 Å². The van der Waals surface area contributed by atoms with Crippen LogP contribution in [0.2, 0.25) is 0 Å². The van der Waals surface area contributed by atoms with E-state index in [9.17, 15) is 9.59 Å². The molecule has 0 aliphatic heterocycles. The zero-order valence-electron chi connectivity index (χ0n) is 29.4. The molecule has 4 aromatic rings. The SMILES string of the molecule is CCN(C)CCCC(=O)c1cc(NC(=O)N[C@H]2CC[C@@H](Oc3ccc4nnc(N(CC)CC)n4c3)c3ccccc32)cc(C(C)(C)C)n1. The average molecular weight is 655 g/mol. The average Bonchev–Trinajstić information content (AvgIpc) is 3.48. The Morgan fingerprint density at radius 3 is 2.44 bits per heavy atom. The highest BCUT2D eigenvalue weighted by Gasteiger charge is 2.30. The van der Waals surface area contributed by atoms with E-state index in [1.807, 2.05) is 54.0 Å². The van der Waals surface area contributed by atoms with Crippen molar-refractivity contribution in [2.24, 2.45) is 0 Å². The number of rotatable bonds is 13. The van der Waals surface area contributed by atoms with Crippen LogP contribution >= 0.6 is 0 Å². The number of aromatic nitrogens is 4. The number of Topliss-reactive ketones (excluding diaryl/α,β-unsaturated/α-hetero) is 1. The molecule has 0 saturated carbocycles. The third-order valence-electron chi connectivity index (χ3n) is 9.04. The van der Waals surface area contributed by atoms with E-state index in [4.69, 9.17) is 9.72 Å². The van der Waals surface area contributed by atoms with Crippen molar-refractivity contribution < 1.29 is 14.3 Å². The van der Waals surface area contributed by atoms with Crippen LogP contribution < -0.4 is 20.3 Å². The minimum absolute atomic E-state index is 0.0194. The Hall–Kier alpha value is -4.51. The van der Waals surface area contributed by atoms with Crippen LogP contribution in [0.15, 0.2) is 54.7 Å². The Balaban J connectivity index is 1.29. The monoisotopic (exact) mass is 654 g/mol. The van der Waals surface area contributed by atoms with Gasteiger partial charge in [-0.15, -0.1) is 10.2 Å². The molecular weight excluding hydrogens is 604 g/mol. The van der Waals surface area contributed by atoms with Gasteiger partial charge in [0.2, 0.25) is 5.95 Å². The van der Waals surface area contributed by atoms with Crippen molar-refractivity contribution in [3.8, 4) is 5.75 Å². The number of nitrogens with one attached hydrogen (secondary N) is 2. The van der Waals surface area contributed by atoms with E-state index in [1.165, 1.54) is 0 Å². The van der Waals surface area contributed by atoms with Crippen molar-refractivity contribution in [2.45, 2.75) is 84.8 Å². The number of hydrogen-bond donors (Lipinski definition) is 2. The zero-order valence-corrected chi connectivity index (χ0v) is 29.4. The molecule has 2 atom stereocenters. The van der Waals surface area contributed by atoms with Gasteiger partial charge in [-0.1, -0.05) is 52.0 Å². The molecule has 3 aromatic heterocycles. The number of benzene rings is 1. The molecule has 0 radical (unpaired) electrons. The summed E-state index contributed by atoms with van der Waals surface area (Å²) in [4.78, 5) is 35.6. The number of hydrogen-bond acceptors (Lipinski definition) is 8. The van der Waals surface area contributed by atoms with E-state index in [2.05, 4.69) is 78.2 Å². The number of anilines is 2. The predicted octanol–water partition coefficient (Wildman–Crippen LogP) is 6.96. The molecule has 1 aliphatic carbocycles. The number of ether oxygens (including phenoxy) is 1. The molecule has 1 aliphatic rings. The lowest BCUT2D eigenvalue weighted by Crippen LogP contribution is -2.35. The molecule has 48 heavy (non-hydrogen) atoms. The number of carbonyl (C=O) groups excluding carboxylic acids is 2. The molecule has 0 spiro atoms. The molecule has 0 fully saturated rings. The minimum Gasteiger partial charge on any atom is -0.484 e. The van der Waals surface area contributed by atoms with Crippen molar-refractivity contribution in [1.29, 1.82) is 0 Å². The van der Waals surface area contributed by atoms with Gasteiger partial charge in [0.25, 0.3) is 0 Å². The van der Waals surface area contributed by atoms with Crippen LogP contribution in [0, 0.1) is 0 Å². The van der Waals surface area contributed by atoms with Crippen molar-refractivity contribution in [1.82, 2.24) is 29.8 Å². The summed E-state index contributed by atoms with van der Waals surface area (Å²) in [5.41, 5.74) is 4.23. The fourth-order valence-corrected chi connectivity index (χ4v) is 6.09. The first-order valence-corrected chi connectivity index (χ1v) is 17.2. The summed E-state index contributed by atoms with van der Waals surface area (Å²) in [6, 6.07) is 15.0. The third-order valence-corrected chi connectivity index (χ3v) is 9.04. The summed E-state index contributed by atoms with van der Waals surface area (Å²) >= 11 is 0. The van der Waals surface area contributed by atoms with Gasteiger partial charge >= 0.3 is 6.03 Å². The van der Waals surface area contributed by atoms with Gasteiger partial charge in [-0.05, 0) is 88.6 Å². The fourth-order valence-electron chi connectivity index (χ4n) is 6.09. The van der Waals surface area contributed by atoms with Crippen molar-refractivity contribution in [3.63, 3.8) is 0 Å². The molecule has 0 unspecified atom stereocenters. The van der Waals surface area contributed by atoms with Crippen LogP contribution in [-0.2, 0) is 5.41 Å². The molecule has 256 valence electrons. The number of ketones is 1. The molecule has 5 rings (SSSR count). The van der Waals surface area contributed by atoms with Gasteiger partial charge in [0, 0.05) is 36.3 Å². The van der Waals surface area contributed by atoms with Crippen LogP contribution in [0.5, 0.6) is 5.75 Å². The third kappa shape index (κ3) is 8.13. The molecule has 11 heteroatoms. The van der Waals surface area contributed by atoms with Crippen molar-refractivity contribution >= 4 is 29.1 Å². The first kappa shape index (κ1) is 34.8. The summed E-state index contributed by atoms with van der Waals surface area (Å²) in [5.74, 6) is 1.50. The van der Waals surface area contributed by atoms with Crippen LogP contribution in [0.1, 0.15) is 107 Å². The van der Waals surface area contributed by atoms with E-state index in [0.717, 1.165) is 73.2 Å². The summed E-state index contributed by atoms with van der Waals surface area (Å²) < 4.78 is 8.55. The first-order chi connectivity index (χ1) is 23.0. The number of pyridine rings is 2. The van der Waals surface area contributed by atoms with Crippen molar-refractivity contribution in [2.75, 3.05) is 43.4 Å². The maximum Gasteiger partial charge on any atom is 0.319 e. The maximum atomic E-state index is 13.4. The molecule has 2 amide bonds. The Labute approximate surface area is 284 Å². The lowest BCUT2D eigenvalue weighted by molar-refractivity contribution is 0.0971. The molecular formula is C37H50N8O3. The Kier molecular flexibility index (Phi) is 11.0. The maximum absolute atomic E-state index is 13.4. The Morgan fingerprint density at radius 2 is 1.73 bits per heavy atom. The van der Waals surface area contributed by atoms with Crippen LogP contribution in [0.4, 0.5) is 16.4 Å². The van der Waals surface area contributed by atoms with Gasteiger partial charge in [-0.2, -0.15) is 0 Å². The minimum atomic E-state index is -0.329. The second-order valence-electron chi connectivity index (χ2n) is 13.5. The highest BCUT2D eigenvalue weighted by atomic mass is 16.5. The largest absolute Gasteiger partial charge is 0.484 e. The highest BCUT2D eigenvalue weighted by Crippen LogP contribution is 2.39. The number of nitrogens with zero attached hydrogens (tertiary/aromatic N) is 6. The van der Waals surface area contributed by atoms with Crippen molar-refractivity contribution in [3.05, 3.63) is 77.2 Å². The molecule has 2 N–H and O–H groups in total. The van der Waals surface area contributed by atoms with Gasteiger partial charge in [-0.3, -0.25) is 9.20 Å². The Bertz CT molecular complexity index is 1730. The zero-order chi connectivity index (χ0) is 34.4. The second-order valence-corrected chi connectivity index (χ2v) is 13.5. The molecule has 0 bridgehead atoms. The van der Waals surface area contributed by atoms with Gasteiger partial charge in [-0.25, -0.2) is 9.78 Å². The molecule has 1 aromatic carbocycles. The van der Waals surface area contributed by atoms with E-state index in [0.29, 0.717) is 24.2 Å². The smallest absolute Gasteiger partial charge is 0.319 e. The number of urea groups is 1. The van der Waals surface area contributed by atoms with Crippen LogP contribution in [0.25, 0.3) is 5.65 Å². The fraction of sp³-hybridized carbons (Fsp3) is 0.486. The summed E-state index contributed by atoms with van der Waals surface area (Å²) in [7, 11) is 2.05. The quantitative estimate of drug-likeness (QED) is 0.149. The van der Waals surface area contributed by atoms with E-state index >= 15 is 0 Å². The van der Waals surface area contributed by atoms with E-state index < -0.39 is 0 Å². The summed E-state index contributed by atoms with van der Waals surface area (Å²) in [6.07, 6.45) is 4.37.